The van der Waals surface area contributed by atoms with Gasteiger partial charge in [0.05, 0.1) is 0 Å². The third kappa shape index (κ3) is 3.71. The first-order chi connectivity index (χ1) is 10.4. The van der Waals surface area contributed by atoms with Crippen LogP contribution in [0.1, 0.15) is 33.6 Å². The van der Waals surface area contributed by atoms with Crippen molar-refractivity contribution in [1.82, 2.24) is 9.97 Å². The number of carbonyl (C=O) groups is 1. The molecule has 22 heavy (non-hydrogen) atoms. The molecular weight excluding hydrogens is 387 g/mol. The van der Waals surface area contributed by atoms with Gasteiger partial charge in [-0.3, -0.25) is 0 Å². The summed E-state index contributed by atoms with van der Waals surface area (Å²) in [4.78, 5) is 23.4. The number of hydrogen-bond acceptors (Lipinski definition) is 5. The summed E-state index contributed by atoms with van der Waals surface area (Å²) in [6.45, 7) is 8.67. The van der Waals surface area contributed by atoms with Gasteiger partial charge in [-0.2, -0.15) is 0 Å². The summed E-state index contributed by atoms with van der Waals surface area (Å²) in [5.41, 5.74) is 0. The third-order valence-electron chi connectivity index (χ3n) is 3.73. The number of nitrogens with zero attached hydrogens (tertiary/aromatic N) is 3. The third-order valence-corrected chi connectivity index (χ3v) is 7.29. The van der Waals surface area contributed by atoms with Crippen molar-refractivity contribution < 1.29 is 9.53 Å². The maximum absolute atomic E-state index is 12.0. The van der Waals surface area contributed by atoms with Crippen LogP contribution in [-0.2, 0) is 9.53 Å². The molecule has 6 nitrogen and oxygen atoms in total. The average molecular weight is 409 g/mol. The molecule has 2 aliphatic rings. The number of hydrogen-bond donors (Lipinski definition) is 1. The molecule has 1 saturated heterocycles. The van der Waals surface area contributed by atoms with Crippen molar-refractivity contribution in [3.05, 3.63) is 6.20 Å². The van der Waals surface area contributed by atoms with Gasteiger partial charge in [0.2, 0.25) is 0 Å². The van der Waals surface area contributed by atoms with Crippen LogP contribution in [0, 0.1) is 0 Å². The summed E-state index contributed by atoms with van der Waals surface area (Å²) in [5.74, 6) is 1.46. The average Bonchev–Trinajstić information content (AvgIpc) is 2.46. The van der Waals surface area contributed by atoms with E-state index in [4.69, 9.17) is 9.72 Å². The van der Waals surface area contributed by atoms with E-state index in [2.05, 4.69) is 36.0 Å². The van der Waals surface area contributed by atoms with Gasteiger partial charge in [0.1, 0.15) is 0 Å². The maximum atomic E-state index is 12.0. The van der Waals surface area contributed by atoms with Gasteiger partial charge >= 0.3 is 141 Å². The number of amides is 1. The first-order valence-electron chi connectivity index (χ1n) is 7.72. The summed E-state index contributed by atoms with van der Waals surface area (Å²) in [6.07, 6.45) is 3.74. The molecule has 2 aliphatic heterocycles. The molecule has 0 spiro atoms. The number of nitrogens with one attached hydrogen (secondary N) is 1. The zero-order valence-corrected chi connectivity index (χ0v) is 16.2. The molecule has 0 unspecified atom stereocenters. The molecule has 2 radical (unpaired) electrons. The summed E-state index contributed by atoms with van der Waals surface area (Å²) >= 11 is -0.812. The molecule has 1 aromatic rings. The van der Waals surface area contributed by atoms with Crippen molar-refractivity contribution in [1.29, 1.82) is 0 Å². The fraction of sp³-hybridized carbons (Fsp3) is 0.667. The monoisotopic (exact) mass is 410 g/mol. The summed E-state index contributed by atoms with van der Waals surface area (Å²) in [5, 5.41) is 2.85. The number of aromatic nitrogens is 2. The molecular formula is C15H22N4O2Sn. The fourth-order valence-corrected chi connectivity index (χ4v) is 5.84. The Morgan fingerprint density at radius 1 is 1.36 bits per heavy atom. The van der Waals surface area contributed by atoms with Crippen LogP contribution in [0.15, 0.2) is 6.20 Å². The van der Waals surface area contributed by atoms with Crippen LogP contribution in [0.25, 0.3) is 0 Å². The summed E-state index contributed by atoms with van der Waals surface area (Å²) < 4.78 is 6.91. The van der Waals surface area contributed by atoms with Crippen molar-refractivity contribution in [3.63, 3.8) is 0 Å². The summed E-state index contributed by atoms with van der Waals surface area (Å²) in [7, 11) is 0. The van der Waals surface area contributed by atoms with Crippen molar-refractivity contribution in [2.24, 2.45) is 0 Å². The molecule has 1 amide bonds. The standard InChI is InChI=1S/C11H13N4O2.C4H9.Sn/c16-9-7-15(8-1-5-17-6-2-8)11-10(14-9)12-3-4-13-11;1-4(2)3;/h3,8H,1-2,5-7H2,(H,12,14,16);1-3H3;. The number of ether oxygens (including phenoxy) is 1. The predicted octanol–water partition coefficient (Wildman–Crippen LogP) is 0.962. The Bertz CT molecular complexity index is 567. The molecule has 1 fully saturated rings. The SMILES string of the molecule is C[C](C)(C)[Sn][c]1cnc2c(n1)N(C1CCOCC1)CC(=O)N2. The Labute approximate surface area is 141 Å². The Hall–Kier alpha value is -0.891. The fourth-order valence-electron chi connectivity index (χ4n) is 2.81. The van der Waals surface area contributed by atoms with Crippen LogP contribution in [0.2, 0.25) is 3.43 Å². The van der Waals surface area contributed by atoms with Crippen molar-refractivity contribution in [2.45, 2.75) is 43.1 Å². The van der Waals surface area contributed by atoms with E-state index in [1.807, 2.05) is 6.20 Å². The van der Waals surface area contributed by atoms with Gasteiger partial charge in [0.25, 0.3) is 0 Å². The second-order valence-electron chi connectivity index (χ2n) is 6.82. The van der Waals surface area contributed by atoms with Crippen LogP contribution in [0.4, 0.5) is 11.6 Å². The van der Waals surface area contributed by atoms with E-state index >= 15 is 0 Å². The number of carbonyl (C=O) groups excluding carboxylic acids is 1. The van der Waals surface area contributed by atoms with E-state index in [1.54, 1.807) is 0 Å². The van der Waals surface area contributed by atoms with Crippen molar-refractivity contribution in [2.75, 3.05) is 30.0 Å². The number of fused-ring (bicyclic) bond motifs is 1. The van der Waals surface area contributed by atoms with Gasteiger partial charge in [0.15, 0.2) is 0 Å². The van der Waals surface area contributed by atoms with E-state index < -0.39 is 21.1 Å². The summed E-state index contributed by atoms with van der Waals surface area (Å²) in [6, 6.07) is 0.322. The van der Waals surface area contributed by atoms with Gasteiger partial charge < -0.3 is 0 Å². The first kappa shape index (κ1) is 16.0. The van der Waals surface area contributed by atoms with Gasteiger partial charge in [0, 0.05) is 0 Å². The van der Waals surface area contributed by atoms with E-state index in [0.717, 1.165) is 35.6 Å². The van der Waals surface area contributed by atoms with Crippen LogP contribution >= 0.6 is 0 Å². The van der Waals surface area contributed by atoms with Gasteiger partial charge in [-0.15, -0.1) is 0 Å². The molecule has 118 valence electrons. The van der Waals surface area contributed by atoms with Crippen LogP contribution in [-0.4, -0.2) is 62.8 Å². The van der Waals surface area contributed by atoms with Crippen molar-refractivity contribution in [3.8, 4) is 0 Å². The molecule has 0 saturated carbocycles. The van der Waals surface area contributed by atoms with Gasteiger partial charge in [-0.1, -0.05) is 0 Å². The molecule has 0 bridgehead atoms. The molecule has 1 aromatic heterocycles. The second kappa shape index (κ2) is 6.31. The Morgan fingerprint density at radius 2 is 2.09 bits per heavy atom. The molecule has 0 aliphatic carbocycles. The van der Waals surface area contributed by atoms with Crippen LogP contribution in [0.3, 0.4) is 0 Å². The minimum atomic E-state index is -0.812. The molecule has 0 aromatic carbocycles. The Morgan fingerprint density at radius 3 is 2.77 bits per heavy atom. The quantitative estimate of drug-likeness (QED) is 0.738. The van der Waals surface area contributed by atoms with Crippen LogP contribution in [0.5, 0.6) is 0 Å². The molecule has 0 atom stereocenters. The molecule has 3 rings (SSSR count). The van der Waals surface area contributed by atoms with Crippen LogP contribution < -0.4 is 13.9 Å². The minimum absolute atomic E-state index is 0.00292. The van der Waals surface area contributed by atoms with Gasteiger partial charge in [-0.05, 0) is 0 Å². The predicted molar refractivity (Wildman–Crippen MR) is 87.0 cm³/mol. The zero-order chi connectivity index (χ0) is 15.7. The Balaban J connectivity index is 1.90. The van der Waals surface area contributed by atoms with E-state index in [-0.39, 0.29) is 5.91 Å². The second-order valence-corrected chi connectivity index (χ2v) is 13.3. The molecule has 1 N–H and O–H groups in total. The number of rotatable bonds is 2. The van der Waals surface area contributed by atoms with Crippen molar-refractivity contribution >= 4 is 42.4 Å². The normalized spacial score (nSPS) is 19.8. The van der Waals surface area contributed by atoms with E-state index in [0.29, 0.717) is 21.8 Å². The first-order valence-corrected chi connectivity index (χ1v) is 10.6. The van der Waals surface area contributed by atoms with E-state index in [9.17, 15) is 4.79 Å². The zero-order valence-electron chi connectivity index (χ0n) is 13.3. The molecule has 3 heterocycles. The topological polar surface area (TPSA) is 67.3 Å². The Kier molecular flexibility index (Phi) is 4.59. The van der Waals surface area contributed by atoms with E-state index in [1.165, 1.54) is 0 Å². The number of anilines is 2. The van der Waals surface area contributed by atoms with Gasteiger partial charge in [-0.25, -0.2) is 0 Å². The molecule has 7 heteroatoms.